The first-order valence-corrected chi connectivity index (χ1v) is 6.95. The Balaban J connectivity index is 2.51. The van der Waals surface area contributed by atoms with Gasteiger partial charge in [0.15, 0.2) is 0 Å². The monoisotopic (exact) mass is 272 g/mol. The van der Waals surface area contributed by atoms with Crippen LogP contribution in [0, 0.1) is 5.92 Å². The highest BCUT2D eigenvalue weighted by molar-refractivity contribution is 5.75. The molecule has 1 rings (SSSR count). The van der Waals surface area contributed by atoms with E-state index in [1.54, 1.807) is 9.80 Å². The van der Waals surface area contributed by atoms with E-state index >= 15 is 0 Å². The predicted octanol–water partition coefficient (Wildman–Crippen LogP) is 0.997. The number of hydrogen-bond donors (Lipinski definition) is 2. The largest absolute Gasteiger partial charge is 0.481 e. The first kappa shape index (κ1) is 15.8. The lowest BCUT2D eigenvalue weighted by Gasteiger charge is -2.36. The number of aliphatic hydroxyl groups is 1. The van der Waals surface area contributed by atoms with Crippen molar-refractivity contribution in [2.24, 2.45) is 5.92 Å². The minimum absolute atomic E-state index is 0.0203. The van der Waals surface area contributed by atoms with Gasteiger partial charge in [0.2, 0.25) is 0 Å². The highest BCUT2D eigenvalue weighted by atomic mass is 16.4. The number of aliphatic hydroxyl groups excluding tert-OH is 1. The zero-order valence-electron chi connectivity index (χ0n) is 11.5. The van der Waals surface area contributed by atoms with E-state index in [9.17, 15) is 9.59 Å². The Bertz CT molecular complexity index is 307. The molecule has 1 aliphatic rings. The summed E-state index contributed by atoms with van der Waals surface area (Å²) < 4.78 is 0. The van der Waals surface area contributed by atoms with E-state index in [1.807, 2.05) is 6.92 Å². The summed E-state index contributed by atoms with van der Waals surface area (Å²) in [7, 11) is 0. The van der Waals surface area contributed by atoms with Crippen molar-refractivity contribution in [1.82, 2.24) is 9.80 Å². The van der Waals surface area contributed by atoms with Gasteiger partial charge in [-0.05, 0) is 32.1 Å². The summed E-state index contributed by atoms with van der Waals surface area (Å²) in [6.45, 7) is 4.19. The second-order valence-corrected chi connectivity index (χ2v) is 4.97. The molecule has 1 aliphatic heterocycles. The zero-order chi connectivity index (χ0) is 14.3. The second-order valence-electron chi connectivity index (χ2n) is 4.97. The van der Waals surface area contributed by atoms with Gasteiger partial charge in [0.1, 0.15) is 0 Å². The van der Waals surface area contributed by atoms with Gasteiger partial charge in [-0.15, -0.1) is 0 Å². The van der Waals surface area contributed by atoms with Gasteiger partial charge in [-0.2, -0.15) is 0 Å². The number of carbonyl (C=O) groups is 2. The maximum Gasteiger partial charge on any atom is 0.320 e. The molecule has 19 heavy (non-hydrogen) atoms. The Hall–Kier alpha value is -1.30. The normalized spacial score (nSPS) is 19.3. The minimum atomic E-state index is -0.886. The predicted molar refractivity (Wildman–Crippen MR) is 70.9 cm³/mol. The third kappa shape index (κ3) is 5.06. The summed E-state index contributed by atoms with van der Waals surface area (Å²) in [6.07, 6.45) is 2.71. The molecule has 6 heteroatoms. The molecular formula is C13H24N2O4. The topological polar surface area (TPSA) is 81.1 Å². The van der Waals surface area contributed by atoms with Gasteiger partial charge in [0, 0.05) is 32.8 Å². The third-order valence-electron chi connectivity index (χ3n) is 3.57. The van der Waals surface area contributed by atoms with E-state index in [0.29, 0.717) is 19.0 Å². The first-order valence-electron chi connectivity index (χ1n) is 6.95. The molecule has 1 fully saturated rings. The van der Waals surface area contributed by atoms with Gasteiger partial charge in [-0.25, -0.2) is 4.79 Å². The van der Waals surface area contributed by atoms with Gasteiger partial charge >= 0.3 is 12.0 Å². The zero-order valence-corrected chi connectivity index (χ0v) is 11.5. The summed E-state index contributed by atoms with van der Waals surface area (Å²) in [5.74, 6) is -0.524. The quantitative estimate of drug-likeness (QED) is 0.755. The number of carboxylic acid groups (broad SMARTS) is 1. The van der Waals surface area contributed by atoms with E-state index in [1.165, 1.54) is 0 Å². The van der Waals surface area contributed by atoms with Gasteiger partial charge in [-0.1, -0.05) is 0 Å². The Kier molecular flexibility index (Phi) is 6.62. The fraction of sp³-hybridized carbons (Fsp3) is 0.846. The van der Waals surface area contributed by atoms with E-state index in [-0.39, 0.29) is 25.6 Å². The number of carboxylic acids is 1. The van der Waals surface area contributed by atoms with Crippen molar-refractivity contribution in [2.75, 3.05) is 32.8 Å². The Morgan fingerprint density at radius 1 is 1.42 bits per heavy atom. The molecule has 2 amide bonds. The molecule has 0 spiro atoms. The molecule has 1 unspecified atom stereocenters. The number of amides is 2. The number of carbonyl (C=O) groups excluding carboxylic acids is 1. The lowest BCUT2D eigenvalue weighted by atomic mass is 9.95. The van der Waals surface area contributed by atoms with Crippen molar-refractivity contribution in [3.63, 3.8) is 0 Å². The van der Waals surface area contributed by atoms with Crippen molar-refractivity contribution in [1.29, 1.82) is 0 Å². The van der Waals surface area contributed by atoms with Crippen LogP contribution < -0.4 is 0 Å². The third-order valence-corrected chi connectivity index (χ3v) is 3.57. The number of likely N-dealkylation sites (tertiary alicyclic amines) is 1. The number of piperidine rings is 1. The molecule has 0 aromatic carbocycles. The number of urea groups is 1. The lowest BCUT2D eigenvalue weighted by Crippen LogP contribution is -2.48. The molecule has 0 saturated carbocycles. The van der Waals surface area contributed by atoms with Crippen LogP contribution in [0.2, 0.25) is 0 Å². The van der Waals surface area contributed by atoms with Crippen LogP contribution in [0.4, 0.5) is 4.79 Å². The Morgan fingerprint density at radius 2 is 2.16 bits per heavy atom. The summed E-state index contributed by atoms with van der Waals surface area (Å²) in [4.78, 5) is 26.2. The summed E-state index contributed by atoms with van der Waals surface area (Å²) >= 11 is 0. The SMILES string of the molecule is CCN(CCC(=O)O)C(=O)N1CCCC(CCO)C1. The van der Waals surface area contributed by atoms with Gasteiger partial charge in [0.05, 0.1) is 6.42 Å². The molecule has 1 saturated heterocycles. The number of rotatable bonds is 6. The maximum absolute atomic E-state index is 12.3. The fourth-order valence-electron chi connectivity index (χ4n) is 2.48. The number of hydrogen-bond acceptors (Lipinski definition) is 3. The molecule has 6 nitrogen and oxygen atoms in total. The smallest absolute Gasteiger partial charge is 0.320 e. The van der Waals surface area contributed by atoms with Crippen molar-refractivity contribution >= 4 is 12.0 Å². The summed E-state index contributed by atoms with van der Waals surface area (Å²) in [5, 5.41) is 17.6. The maximum atomic E-state index is 12.3. The fourth-order valence-corrected chi connectivity index (χ4v) is 2.48. The van der Waals surface area contributed by atoms with E-state index in [2.05, 4.69) is 0 Å². The van der Waals surface area contributed by atoms with Crippen molar-refractivity contribution in [3.8, 4) is 0 Å². The molecule has 0 bridgehead atoms. The van der Waals surface area contributed by atoms with Crippen LogP contribution >= 0.6 is 0 Å². The lowest BCUT2D eigenvalue weighted by molar-refractivity contribution is -0.137. The standard InChI is InChI=1S/C13H24N2O4/c1-2-14(8-5-12(17)18)13(19)15-7-3-4-11(10-15)6-9-16/h11,16H,2-10H2,1H3,(H,17,18). The average molecular weight is 272 g/mol. The van der Waals surface area contributed by atoms with Gasteiger partial charge < -0.3 is 20.0 Å². The number of aliphatic carboxylic acids is 1. The van der Waals surface area contributed by atoms with Crippen LogP contribution in [0.3, 0.4) is 0 Å². The summed E-state index contributed by atoms with van der Waals surface area (Å²) in [6, 6.07) is -0.0774. The molecular weight excluding hydrogens is 248 g/mol. The van der Waals surface area contributed by atoms with Crippen LogP contribution in [0.1, 0.15) is 32.6 Å². The van der Waals surface area contributed by atoms with Crippen molar-refractivity contribution in [3.05, 3.63) is 0 Å². The van der Waals surface area contributed by atoms with Crippen molar-refractivity contribution in [2.45, 2.75) is 32.6 Å². The van der Waals surface area contributed by atoms with Gasteiger partial charge in [-0.3, -0.25) is 4.79 Å². The minimum Gasteiger partial charge on any atom is -0.481 e. The molecule has 1 atom stereocenters. The highest BCUT2D eigenvalue weighted by Crippen LogP contribution is 2.20. The summed E-state index contributed by atoms with van der Waals surface area (Å²) in [5.41, 5.74) is 0. The molecule has 110 valence electrons. The van der Waals surface area contributed by atoms with Gasteiger partial charge in [0.25, 0.3) is 0 Å². The molecule has 1 heterocycles. The van der Waals surface area contributed by atoms with E-state index in [0.717, 1.165) is 25.8 Å². The van der Waals surface area contributed by atoms with Crippen LogP contribution in [0.15, 0.2) is 0 Å². The first-order chi connectivity index (χ1) is 9.08. The van der Waals surface area contributed by atoms with Crippen LogP contribution in [0.25, 0.3) is 0 Å². The second kappa shape index (κ2) is 7.99. The van der Waals surface area contributed by atoms with Crippen LogP contribution in [-0.2, 0) is 4.79 Å². The average Bonchev–Trinajstić information content (AvgIpc) is 2.39. The molecule has 0 aliphatic carbocycles. The molecule has 2 N–H and O–H groups in total. The highest BCUT2D eigenvalue weighted by Gasteiger charge is 2.26. The molecule has 0 radical (unpaired) electrons. The molecule has 0 aromatic heterocycles. The van der Waals surface area contributed by atoms with E-state index < -0.39 is 5.97 Å². The number of nitrogens with zero attached hydrogens (tertiary/aromatic N) is 2. The van der Waals surface area contributed by atoms with E-state index in [4.69, 9.17) is 10.2 Å². The Labute approximate surface area is 114 Å². The Morgan fingerprint density at radius 3 is 2.74 bits per heavy atom. The van der Waals surface area contributed by atoms with Crippen molar-refractivity contribution < 1.29 is 19.8 Å². The van der Waals surface area contributed by atoms with Crippen LogP contribution in [-0.4, -0.2) is 64.8 Å². The molecule has 0 aromatic rings. The van der Waals surface area contributed by atoms with Crippen LogP contribution in [0.5, 0.6) is 0 Å².